The number of likely N-dealkylation sites (tertiary alicyclic amines) is 1. The van der Waals surface area contributed by atoms with Crippen molar-refractivity contribution >= 4 is 16.6 Å². The predicted molar refractivity (Wildman–Crippen MR) is 103 cm³/mol. The minimum Gasteiger partial charge on any atom is -0.389 e. The lowest BCUT2D eigenvalue weighted by atomic mass is 9.87. The fraction of sp³-hybridized carbons (Fsp3) is 0.500. The lowest BCUT2D eigenvalue weighted by molar-refractivity contribution is 0.0806. The number of aliphatic hydroxyl groups is 1. The molecular formula is C22H29NO2. The maximum atomic E-state index is 13.1. The van der Waals surface area contributed by atoms with Crippen molar-refractivity contribution in [1.82, 2.24) is 4.90 Å². The van der Waals surface area contributed by atoms with E-state index in [2.05, 4.69) is 18.7 Å². The van der Waals surface area contributed by atoms with Crippen LogP contribution < -0.4 is 0 Å². The summed E-state index contributed by atoms with van der Waals surface area (Å²) in [6.07, 6.45) is 1.46. The Hall–Kier alpha value is -1.71. The molecule has 2 aromatic rings. The van der Waals surface area contributed by atoms with Gasteiger partial charge in [-0.25, -0.2) is 0 Å². The number of aliphatic hydroxyl groups excluding tert-OH is 1. The van der Waals surface area contributed by atoms with E-state index in [1.54, 1.807) is 6.92 Å². The summed E-state index contributed by atoms with van der Waals surface area (Å²) in [6, 6.07) is 11.9. The molecule has 0 aromatic heterocycles. The van der Waals surface area contributed by atoms with Crippen LogP contribution in [0.15, 0.2) is 36.4 Å². The standard InChI is InChI=1S/C22H29NO2/c1-15(2)13-23-10-6-8-18(14-23)22(25)19-11-17-7-4-5-9-20(17)21(12-19)16(3)24/h4-5,7,9,11-12,15-16,18,24H,6,8,10,13-14H2,1-3H3. The number of hydrogen-bond acceptors (Lipinski definition) is 3. The van der Waals surface area contributed by atoms with Crippen LogP contribution in [0.4, 0.5) is 0 Å². The summed E-state index contributed by atoms with van der Waals surface area (Å²) in [6.45, 7) is 9.22. The second-order valence-corrected chi connectivity index (χ2v) is 7.82. The molecule has 1 aliphatic heterocycles. The fourth-order valence-corrected chi connectivity index (χ4v) is 4.02. The Morgan fingerprint density at radius 1 is 1.24 bits per heavy atom. The summed E-state index contributed by atoms with van der Waals surface area (Å²) >= 11 is 0. The molecule has 0 aliphatic carbocycles. The number of carbonyl (C=O) groups is 1. The van der Waals surface area contributed by atoms with E-state index in [4.69, 9.17) is 0 Å². The van der Waals surface area contributed by atoms with E-state index in [-0.39, 0.29) is 11.7 Å². The first kappa shape index (κ1) is 18.1. The first-order chi connectivity index (χ1) is 12.0. The van der Waals surface area contributed by atoms with Gasteiger partial charge in [-0.05, 0) is 60.7 Å². The summed E-state index contributed by atoms with van der Waals surface area (Å²) < 4.78 is 0. The van der Waals surface area contributed by atoms with E-state index in [9.17, 15) is 9.90 Å². The van der Waals surface area contributed by atoms with E-state index in [0.29, 0.717) is 5.92 Å². The first-order valence-electron chi connectivity index (χ1n) is 9.43. The molecule has 1 N–H and O–H groups in total. The molecule has 1 aliphatic rings. The highest BCUT2D eigenvalue weighted by molar-refractivity contribution is 6.02. The molecule has 2 atom stereocenters. The largest absolute Gasteiger partial charge is 0.389 e. The van der Waals surface area contributed by atoms with Gasteiger partial charge in [0.05, 0.1) is 6.10 Å². The molecule has 1 saturated heterocycles. The van der Waals surface area contributed by atoms with Crippen LogP contribution in [0.5, 0.6) is 0 Å². The molecule has 134 valence electrons. The Morgan fingerprint density at radius 2 is 2.00 bits per heavy atom. The fourth-order valence-electron chi connectivity index (χ4n) is 4.02. The predicted octanol–water partition coefficient (Wildman–Crippen LogP) is 4.44. The third-order valence-electron chi connectivity index (χ3n) is 5.13. The Labute approximate surface area is 150 Å². The minimum atomic E-state index is -0.582. The molecule has 0 radical (unpaired) electrons. The quantitative estimate of drug-likeness (QED) is 0.819. The lowest BCUT2D eigenvalue weighted by Gasteiger charge is -2.33. The molecule has 1 heterocycles. The normalized spacial score (nSPS) is 20.1. The maximum Gasteiger partial charge on any atom is 0.167 e. The van der Waals surface area contributed by atoms with E-state index in [1.807, 2.05) is 36.4 Å². The number of rotatable bonds is 5. The lowest BCUT2D eigenvalue weighted by Crippen LogP contribution is -2.40. The molecule has 3 nitrogen and oxygen atoms in total. The van der Waals surface area contributed by atoms with Gasteiger partial charge in [0, 0.05) is 24.6 Å². The molecule has 0 spiro atoms. The molecule has 25 heavy (non-hydrogen) atoms. The van der Waals surface area contributed by atoms with Crippen LogP contribution in [0.1, 0.15) is 55.6 Å². The molecular weight excluding hydrogens is 310 g/mol. The van der Waals surface area contributed by atoms with Crippen molar-refractivity contribution in [2.45, 2.75) is 39.7 Å². The Kier molecular flexibility index (Phi) is 5.55. The van der Waals surface area contributed by atoms with Gasteiger partial charge in [0.1, 0.15) is 0 Å². The second kappa shape index (κ2) is 7.67. The van der Waals surface area contributed by atoms with Gasteiger partial charge < -0.3 is 10.0 Å². The van der Waals surface area contributed by atoms with E-state index >= 15 is 0 Å². The molecule has 0 bridgehead atoms. The summed E-state index contributed by atoms with van der Waals surface area (Å²) in [5.41, 5.74) is 1.59. The molecule has 2 aromatic carbocycles. The zero-order valence-corrected chi connectivity index (χ0v) is 15.5. The summed E-state index contributed by atoms with van der Waals surface area (Å²) in [5, 5.41) is 12.2. The summed E-state index contributed by atoms with van der Waals surface area (Å²) in [5.74, 6) is 0.910. The Morgan fingerprint density at radius 3 is 2.72 bits per heavy atom. The van der Waals surface area contributed by atoms with Gasteiger partial charge in [0.2, 0.25) is 0 Å². The smallest absolute Gasteiger partial charge is 0.167 e. The molecule has 3 rings (SSSR count). The maximum absolute atomic E-state index is 13.1. The minimum absolute atomic E-state index is 0.0653. The van der Waals surface area contributed by atoms with Crippen molar-refractivity contribution in [3.63, 3.8) is 0 Å². The van der Waals surface area contributed by atoms with Crippen LogP contribution in [0, 0.1) is 11.8 Å². The summed E-state index contributed by atoms with van der Waals surface area (Å²) in [4.78, 5) is 15.6. The average Bonchev–Trinajstić information content (AvgIpc) is 2.59. The van der Waals surface area contributed by atoms with Crippen LogP contribution >= 0.6 is 0 Å². The number of carbonyl (C=O) groups excluding carboxylic acids is 1. The van der Waals surface area contributed by atoms with Crippen molar-refractivity contribution in [1.29, 1.82) is 0 Å². The third kappa shape index (κ3) is 4.10. The van der Waals surface area contributed by atoms with Crippen LogP contribution in [0.25, 0.3) is 10.8 Å². The first-order valence-corrected chi connectivity index (χ1v) is 9.43. The third-order valence-corrected chi connectivity index (χ3v) is 5.13. The van der Waals surface area contributed by atoms with Crippen molar-refractivity contribution in [3.8, 4) is 0 Å². The van der Waals surface area contributed by atoms with Crippen LogP contribution in [0.3, 0.4) is 0 Å². The van der Waals surface area contributed by atoms with Crippen LogP contribution in [-0.2, 0) is 0 Å². The number of hydrogen-bond donors (Lipinski definition) is 1. The van der Waals surface area contributed by atoms with Gasteiger partial charge in [-0.3, -0.25) is 4.79 Å². The molecule has 3 heteroatoms. The number of fused-ring (bicyclic) bond motifs is 1. The Bertz CT molecular complexity index is 751. The summed E-state index contributed by atoms with van der Waals surface area (Å²) in [7, 11) is 0. The van der Waals surface area contributed by atoms with Crippen LogP contribution in [0.2, 0.25) is 0 Å². The van der Waals surface area contributed by atoms with Gasteiger partial charge in [0.25, 0.3) is 0 Å². The highest BCUT2D eigenvalue weighted by atomic mass is 16.3. The van der Waals surface area contributed by atoms with Gasteiger partial charge in [-0.2, -0.15) is 0 Å². The molecule has 1 fully saturated rings. The average molecular weight is 339 g/mol. The molecule has 0 amide bonds. The van der Waals surface area contributed by atoms with Crippen molar-refractivity contribution in [2.24, 2.45) is 11.8 Å². The van der Waals surface area contributed by atoms with E-state index in [0.717, 1.165) is 54.4 Å². The van der Waals surface area contributed by atoms with E-state index < -0.39 is 6.10 Å². The number of nitrogens with zero attached hydrogens (tertiary/aromatic N) is 1. The van der Waals surface area contributed by atoms with Gasteiger partial charge in [-0.15, -0.1) is 0 Å². The van der Waals surface area contributed by atoms with Crippen molar-refractivity contribution < 1.29 is 9.90 Å². The zero-order valence-electron chi connectivity index (χ0n) is 15.5. The highest BCUT2D eigenvalue weighted by Crippen LogP contribution is 2.29. The monoisotopic (exact) mass is 339 g/mol. The van der Waals surface area contributed by atoms with Gasteiger partial charge >= 0.3 is 0 Å². The topological polar surface area (TPSA) is 40.5 Å². The number of ketones is 1. The second-order valence-electron chi connectivity index (χ2n) is 7.82. The van der Waals surface area contributed by atoms with Gasteiger partial charge in [-0.1, -0.05) is 38.1 Å². The van der Waals surface area contributed by atoms with Crippen LogP contribution in [-0.4, -0.2) is 35.4 Å². The number of piperidine rings is 1. The van der Waals surface area contributed by atoms with E-state index in [1.165, 1.54) is 0 Å². The molecule has 0 saturated carbocycles. The van der Waals surface area contributed by atoms with Gasteiger partial charge in [0.15, 0.2) is 5.78 Å². The zero-order chi connectivity index (χ0) is 18.0. The Balaban J connectivity index is 1.89. The SMILES string of the molecule is CC(C)CN1CCCC(C(=O)c2cc(C(C)O)c3ccccc3c2)C1. The molecule has 2 unspecified atom stereocenters. The van der Waals surface area contributed by atoms with Crippen molar-refractivity contribution in [3.05, 3.63) is 47.5 Å². The van der Waals surface area contributed by atoms with Crippen molar-refractivity contribution in [2.75, 3.05) is 19.6 Å². The highest BCUT2D eigenvalue weighted by Gasteiger charge is 2.27. The number of benzene rings is 2. The number of Topliss-reactive ketones (excluding diaryl/α,β-unsaturated/α-hetero) is 1.